The molecule has 0 N–H and O–H groups in total. The molecule has 0 fully saturated rings. The molecule has 10 aliphatic rings. The number of hydrogen-bond donors (Lipinski definition) is 0. The second kappa shape index (κ2) is 21.4. The van der Waals surface area contributed by atoms with Crippen molar-refractivity contribution >= 4 is 15.9 Å². The summed E-state index contributed by atoms with van der Waals surface area (Å²) in [6, 6.07) is 20.5. The molecule has 61 heavy (non-hydrogen) atoms. The van der Waals surface area contributed by atoms with Crippen molar-refractivity contribution in [3.63, 3.8) is 0 Å². The van der Waals surface area contributed by atoms with Gasteiger partial charge in [0.2, 0.25) is 0 Å². The maximum Gasteiger partial charge on any atom is 0.123 e. The van der Waals surface area contributed by atoms with Crippen molar-refractivity contribution in [3.05, 3.63) is 116 Å². The first-order chi connectivity index (χ1) is 29.7. The van der Waals surface area contributed by atoms with Gasteiger partial charge in [-0.1, -0.05) is 28.8 Å². The van der Waals surface area contributed by atoms with Crippen molar-refractivity contribution in [2.45, 2.75) is 57.8 Å². The van der Waals surface area contributed by atoms with Crippen molar-refractivity contribution in [2.24, 2.45) is 0 Å². The number of methoxy groups -OCH3 is 9. The van der Waals surface area contributed by atoms with Gasteiger partial charge in [-0.25, -0.2) is 0 Å². The highest BCUT2D eigenvalue weighted by molar-refractivity contribution is 9.09. The Morgan fingerprint density at radius 1 is 0.295 bits per heavy atom. The zero-order chi connectivity index (χ0) is 43.5. The quantitative estimate of drug-likeness (QED) is 0.0691. The Bertz CT molecular complexity index is 2280. The summed E-state index contributed by atoms with van der Waals surface area (Å²) in [5.41, 5.74) is 9.42. The molecule has 0 atom stereocenters. The molecule has 326 valence electrons. The van der Waals surface area contributed by atoms with Crippen LogP contribution < -0.4 is 47.4 Å². The highest BCUT2D eigenvalue weighted by Crippen LogP contribution is 2.42. The molecule has 10 nitrogen and oxygen atoms in total. The summed E-state index contributed by atoms with van der Waals surface area (Å²) in [4.78, 5) is 0. The predicted octanol–water partition coefficient (Wildman–Crippen LogP) is 10.4. The Morgan fingerprint density at radius 3 is 0.705 bits per heavy atom. The van der Waals surface area contributed by atoms with Crippen molar-refractivity contribution in [1.29, 1.82) is 0 Å². The fourth-order valence-electron chi connectivity index (χ4n) is 8.20. The topological polar surface area (TPSA) is 92.3 Å². The van der Waals surface area contributed by atoms with E-state index in [0.717, 1.165) is 144 Å². The van der Waals surface area contributed by atoms with Gasteiger partial charge in [0, 0.05) is 93.1 Å². The molecule has 5 aromatic carbocycles. The van der Waals surface area contributed by atoms with E-state index < -0.39 is 0 Å². The number of halogens is 1. The molecule has 0 saturated heterocycles. The molecule has 0 aromatic heterocycles. The van der Waals surface area contributed by atoms with Crippen LogP contribution in [0.1, 0.15) is 81.3 Å². The number of unbranched alkanes of at least 4 members (excludes halogenated alkanes) is 3. The van der Waals surface area contributed by atoms with E-state index in [4.69, 9.17) is 47.4 Å². The van der Waals surface area contributed by atoms with Gasteiger partial charge in [0.25, 0.3) is 0 Å². The van der Waals surface area contributed by atoms with E-state index in [1.54, 1.807) is 64.0 Å². The van der Waals surface area contributed by atoms with Crippen LogP contribution in [0.2, 0.25) is 0 Å². The van der Waals surface area contributed by atoms with E-state index in [2.05, 4.69) is 34.1 Å². The van der Waals surface area contributed by atoms with Gasteiger partial charge in [0.1, 0.15) is 57.5 Å². The van der Waals surface area contributed by atoms with E-state index in [1.165, 1.54) is 0 Å². The van der Waals surface area contributed by atoms with E-state index >= 15 is 0 Å². The maximum absolute atomic E-state index is 6.65. The summed E-state index contributed by atoms with van der Waals surface area (Å²) in [6.45, 7) is 0.589. The maximum atomic E-state index is 6.65. The fraction of sp³-hybridized carbons (Fsp3) is 0.400. The molecule has 0 unspecified atom stereocenters. The predicted molar refractivity (Wildman–Crippen MR) is 243 cm³/mol. The first-order valence-corrected chi connectivity index (χ1v) is 21.7. The Morgan fingerprint density at radius 2 is 0.492 bits per heavy atom. The summed E-state index contributed by atoms with van der Waals surface area (Å²) in [7, 11) is 15.2. The van der Waals surface area contributed by atoms with E-state index in [9.17, 15) is 0 Å². The molecular weight excluding hydrogens is 840 g/mol. The molecule has 0 saturated carbocycles. The van der Waals surface area contributed by atoms with Gasteiger partial charge >= 0.3 is 0 Å². The standard InChI is InChI=1S/C50H59BrO10/c1-52-41-23-33-17-35-25-46(57-6)37(27-45(35)56-5)19-39-30-50(61-15-13-11-10-12-14-51)40(29-49(39)60-9)20-38-28-47(58-7)36(26-48(38)59-8)18-34-24-43(54-3)32(22-44(34)55-4)16-31(41)21-42(33)53-2/h21-30H,10-20H2,1-9H3. The third kappa shape index (κ3) is 10.4. The highest BCUT2D eigenvalue weighted by Gasteiger charge is 2.23. The minimum atomic E-state index is 0.503. The summed E-state index contributed by atoms with van der Waals surface area (Å²) < 4.78 is 61.1. The van der Waals surface area contributed by atoms with Crippen LogP contribution in [-0.4, -0.2) is 75.9 Å². The number of alkyl halides is 1. The third-order valence-corrected chi connectivity index (χ3v) is 11.9. The second-order valence-corrected chi connectivity index (χ2v) is 15.8. The molecule has 0 radical (unpaired) electrons. The highest BCUT2D eigenvalue weighted by atomic mass is 79.9. The lowest BCUT2D eigenvalue weighted by Crippen LogP contribution is -2.06. The first-order valence-electron chi connectivity index (χ1n) is 20.6. The van der Waals surface area contributed by atoms with E-state index in [0.29, 0.717) is 38.7 Å². The third-order valence-electron chi connectivity index (χ3n) is 11.4. The second-order valence-electron chi connectivity index (χ2n) is 15.0. The van der Waals surface area contributed by atoms with Crippen LogP contribution in [0.3, 0.4) is 0 Å². The Balaban J connectivity index is 1.57. The van der Waals surface area contributed by atoms with Crippen LogP contribution in [0, 0.1) is 0 Å². The molecule has 5 aromatic rings. The van der Waals surface area contributed by atoms with Crippen molar-refractivity contribution in [2.75, 3.05) is 75.9 Å². The molecular formula is C50H59BrO10. The van der Waals surface area contributed by atoms with Gasteiger partial charge in [0.15, 0.2) is 0 Å². The number of rotatable bonds is 16. The van der Waals surface area contributed by atoms with Gasteiger partial charge in [-0.05, 0) is 73.5 Å². The summed E-state index contributed by atoms with van der Waals surface area (Å²) >= 11 is 3.55. The summed E-state index contributed by atoms with van der Waals surface area (Å²) in [5.74, 6) is 7.32. The Labute approximate surface area is 369 Å². The van der Waals surface area contributed by atoms with Crippen LogP contribution in [0.4, 0.5) is 0 Å². The van der Waals surface area contributed by atoms with Crippen LogP contribution in [0.5, 0.6) is 57.5 Å². The molecule has 0 heterocycles. The Kier molecular flexibility index (Phi) is 15.8. The van der Waals surface area contributed by atoms with E-state index in [-0.39, 0.29) is 0 Å². The largest absolute Gasteiger partial charge is 0.496 e. The Hall–Kier alpha value is -5.42. The zero-order valence-corrected chi connectivity index (χ0v) is 38.6. The molecule has 15 rings (SSSR count). The molecule has 0 spiro atoms. The van der Waals surface area contributed by atoms with Crippen molar-refractivity contribution in [1.82, 2.24) is 0 Å². The lowest BCUT2D eigenvalue weighted by molar-refractivity contribution is 0.301. The summed E-state index contributed by atoms with van der Waals surface area (Å²) in [6.07, 6.45) is 6.85. The van der Waals surface area contributed by atoms with Gasteiger partial charge in [-0.15, -0.1) is 0 Å². The van der Waals surface area contributed by atoms with Gasteiger partial charge in [-0.2, -0.15) is 0 Å². The van der Waals surface area contributed by atoms with Crippen molar-refractivity contribution in [3.8, 4) is 57.5 Å². The normalized spacial score (nSPS) is 12.2. The SMILES string of the molecule is COc1cc2c(OC)cc1Cc1cc(OC)c(cc1OC)Cc1cc(OC)c(cc1OC)Cc1cc(OC)c(cc1OCCCCCCBr)Cc1cc(OC)c(cc1OC)C2. The molecule has 10 aliphatic carbocycles. The van der Waals surface area contributed by atoms with Gasteiger partial charge in [0.05, 0.1) is 70.6 Å². The van der Waals surface area contributed by atoms with E-state index in [1.807, 2.05) is 42.5 Å². The minimum absolute atomic E-state index is 0.503. The first kappa shape index (κ1) is 45.1. The van der Waals surface area contributed by atoms with Crippen LogP contribution >= 0.6 is 15.9 Å². The van der Waals surface area contributed by atoms with Gasteiger partial charge < -0.3 is 47.4 Å². The zero-order valence-electron chi connectivity index (χ0n) is 37.0. The lowest BCUT2D eigenvalue weighted by atomic mass is 9.94. The molecule has 11 heteroatoms. The summed E-state index contributed by atoms with van der Waals surface area (Å²) in [5, 5.41) is 1.00. The molecule has 10 bridgehead atoms. The van der Waals surface area contributed by atoms with Crippen molar-refractivity contribution < 1.29 is 47.4 Å². The lowest BCUT2D eigenvalue weighted by Gasteiger charge is -2.20. The smallest absolute Gasteiger partial charge is 0.123 e. The number of hydrogen-bond acceptors (Lipinski definition) is 10. The van der Waals surface area contributed by atoms with Crippen LogP contribution in [0.15, 0.2) is 60.7 Å². The monoisotopic (exact) mass is 898 g/mol. The molecule has 0 amide bonds. The van der Waals surface area contributed by atoms with Crippen LogP contribution in [-0.2, 0) is 32.1 Å². The van der Waals surface area contributed by atoms with Gasteiger partial charge in [-0.3, -0.25) is 0 Å². The average Bonchev–Trinajstić information content (AvgIpc) is 3.28. The average molecular weight is 900 g/mol. The minimum Gasteiger partial charge on any atom is -0.496 e. The van der Waals surface area contributed by atoms with Crippen LogP contribution in [0.25, 0.3) is 0 Å². The number of ether oxygens (including phenoxy) is 10. The number of benzene rings is 5. The fourth-order valence-corrected chi connectivity index (χ4v) is 8.60. The molecule has 0 aliphatic heterocycles.